The summed E-state index contributed by atoms with van der Waals surface area (Å²) in [7, 11) is -4.05. The molecule has 0 radical (unpaired) electrons. The van der Waals surface area contributed by atoms with E-state index in [1.54, 1.807) is 24.4 Å². The maximum absolute atomic E-state index is 13.1. The monoisotopic (exact) mass is 408 g/mol. The molecule has 4 rings (SSSR count). The highest BCUT2D eigenvalue weighted by atomic mass is 32.2. The number of aromatic amines is 1. The van der Waals surface area contributed by atoms with Gasteiger partial charge in [0, 0.05) is 28.9 Å². The maximum Gasteiger partial charge on any atom is 0.322 e. The van der Waals surface area contributed by atoms with Crippen molar-refractivity contribution in [3.05, 3.63) is 78.0 Å². The lowest BCUT2D eigenvalue weighted by atomic mass is 10.1. The highest BCUT2D eigenvalue weighted by Gasteiger charge is 2.27. The molecule has 0 amide bonds. The number of hydrogen-bond acceptors (Lipinski definition) is 3. The molecule has 0 spiro atoms. The van der Waals surface area contributed by atoms with Crippen LogP contribution in [0.4, 0.5) is 0 Å². The number of benzene rings is 3. The van der Waals surface area contributed by atoms with E-state index in [1.807, 2.05) is 43.3 Å². The minimum absolute atomic E-state index is 0.0301. The number of rotatable bonds is 6. The van der Waals surface area contributed by atoms with Gasteiger partial charge in [-0.2, -0.15) is 4.72 Å². The molecule has 7 heteroatoms. The van der Waals surface area contributed by atoms with Crippen molar-refractivity contribution in [3.63, 3.8) is 0 Å². The molecule has 0 saturated carbocycles. The Bertz CT molecular complexity index is 1330. The molecule has 29 heavy (non-hydrogen) atoms. The number of hydrogen-bond donors (Lipinski definition) is 3. The minimum atomic E-state index is -4.05. The molecule has 0 bridgehead atoms. The van der Waals surface area contributed by atoms with Gasteiger partial charge < -0.3 is 10.1 Å². The van der Waals surface area contributed by atoms with Crippen molar-refractivity contribution in [1.29, 1.82) is 0 Å². The normalized spacial score (nSPS) is 13.0. The number of carboxylic acids is 1. The van der Waals surface area contributed by atoms with Crippen LogP contribution in [-0.2, 0) is 21.2 Å². The summed E-state index contributed by atoms with van der Waals surface area (Å²) < 4.78 is 28.5. The van der Waals surface area contributed by atoms with Crippen LogP contribution in [0.5, 0.6) is 0 Å². The number of nitrogens with one attached hydrogen (secondary N) is 2. The van der Waals surface area contributed by atoms with Crippen molar-refractivity contribution in [2.24, 2.45) is 0 Å². The van der Waals surface area contributed by atoms with Gasteiger partial charge in [0.05, 0.1) is 4.90 Å². The van der Waals surface area contributed by atoms with Gasteiger partial charge in [-0.05, 0) is 35.6 Å². The third-order valence-corrected chi connectivity index (χ3v) is 6.62. The fourth-order valence-corrected chi connectivity index (χ4v) is 5.01. The van der Waals surface area contributed by atoms with Gasteiger partial charge >= 0.3 is 5.97 Å². The first-order chi connectivity index (χ1) is 13.9. The topological polar surface area (TPSA) is 99.3 Å². The summed E-state index contributed by atoms with van der Waals surface area (Å²) in [6.45, 7) is 1.91. The Morgan fingerprint density at radius 1 is 1.00 bits per heavy atom. The van der Waals surface area contributed by atoms with Gasteiger partial charge in [0.25, 0.3) is 0 Å². The first-order valence-corrected chi connectivity index (χ1v) is 10.6. The minimum Gasteiger partial charge on any atom is -0.480 e. The van der Waals surface area contributed by atoms with Gasteiger partial charge in [-0.25, -0.2) is 8.42 Å². The summed E-state index contributed by atoms with van der Waals surface area (Å²) >= 11 is 0. The van der Waals surface area contributed by atoms with Crippen LogP contribution in [0.3, 0.4) is 0 Å². The van der Waals surface area contributed by atoms with E-state index in [9.17, 15) is 18.3 Å². The summed E-state index contributed by atoms with van der Waals surface area (Å²) in [5.41, 5.74) is 2.57. The molecule has 0 fully saturated rings. The number of sulfonamides is 1. The second kappa shape index (κ2) is 7.35. The molecular formula is C22H20N2O4S. The second-order valence-electron chi connectivity index (χ2n) is 7.00. The lowest BCUT2D eigenvalue weighted by Crippen LogP contribution is -2.42. The highest BCUT2D eigenvalue weighted by molar-refractivity contribution is 7.89. The molecule has 4 aromatic rings. The molecular weight excluding hydrogens is 388 g/mol. The Morgan fingerprint density at radius 3 is 2.38 bits per heavy atom. The van der Waals surface area contributed by atoms with E-state index in [0.29, 0.717) is 5.39 Å². The highest BCUT2D eigenvalue weighted by Crippen LogP contribution is 2.26. The molecule has 148 valence electrons. The predicted molar refractivity (Wildman–Crippen MR) is 112 cm³/mol. The SMILES string of the molecule is Cc1ccc(S(=O)(=O)N[C@H](Cc2c[nH]c3ccccc23)C(=O)O)c2ccccc12. The number of para-hydroxylation sites is 1. The van der Waals surface area contributed by atoms with Crippen LogP contribution in [0.1, 0.15) is 11.1 Å². The van der Waals surface area contributed by atoms with E-state index in [1.165, 1.54) is 6.07 Å². The molecule has 0 aliphatic heterocycles. The zero-order valence-corrected chi connectivity index (χ0v) is 16.5. The van der Waals surface area contributed by atoms with E-state index in [0.717, 1.165) is 27.4 Å². The van der Waals surface area contributed by atoms with Crippen molar-refractivity contribution in [1.82, 2.24) is 9.71 Å². The Labute approximate surface area is 168 Å². The molecule has 0 saturated heterocycles. The fraction of sp³-hybridized carbons (Fsp3) is 0.136. The molecule has 3 aromatic carbocycles. The summed E-state index contributed by atoms with van der Waals surface area (Å²) in [5.74, 6) is -1.23. The molecule has 0 aliphatic carbocycles. The van der Waals surface area contributed by atoms with E-state index in [-0.39, 0.29) is 11.3 Å². The fourth-order valence-electron chi connectivity index (χ4n) is 3.61. The first-order valence-electron chi connectivity index (χ1n) is 9.15. The Morgan fingerprint density at radius 2 is 1.66 bits per heavy atom. The van der Waals surface area contributed by atoms with E-state index < -0.39 is 22.0 Å². The van der Waals surface area contributed by atoms with Gasteiger partial charge in [-0.15, -0.1) is 0 Å². The number of carboxylic acid groups (broad SMARTS) is 1. The van der Waals surface area contributed by atoms with Gasteiger partial charge in [0.2, 0.25) is 10.0 Å². The average Bonchev–Trinajstić information content (AvgIpc) is 3.10. The Hall–Kier alpha value is -3.16. The number of aryl methyl sites for hydroxylation is 1. The van der Waals surface area contributed by atoms with E-state index >= 15 is 0 Å². The summed E-state index contributed by atoms with van der Waals surface area (Å²) in [5, 5.41) is 11.9. The van der Waals surface area contributed by atoms with Crippen molar-refractivity contribution < 1.29 is 18.3 Å². The summed E-state index contributed by atoms with van der Waals surface area (Å²) in [6, 6.07) is 16.6. The van der Waals surface area contributed by atoms with Gasteiger partial charge in [0.15, 0.2) is 0 Å². The van der Waals surface area contributed by atoms with Crippen LogP contribution in [0.15, 0.2) is 71.8 Å². The van der Waals surface area contributed by atoms with Crippen LogP contribution < -0.4 is 4.72 Å². The van der Waals surface area contributed by atoms with Crippen molar-refractivity contribution >= 4 is 37.7 Å². The molecule has 0 aliphatic rings. The smallest absolute Gasteiger partial charge is 0.322 e. The summed E-state index contributed by atoms with van der Waals surface area (Å²) in [6.07, 6.45) is 1.75. The molecule has 6 nitrogen and oxygen atoms in total. The van der Waals surface area contributed by atoms with Crippen molar-refractivity contribution in [2.75, 3.05) is 0 Å². The molecule has 0 unspecified atom stereocenters. The van der Waals surface area contributed by atoms with Crippen LogP contribution in [0.2, 0.25) is 0 Å². The van der Waals surface area contributed by atoms with E-state index in [4.69, 9.17) is 0 Å². The molecule has 1 atom stereocenters. The number of H-pyrrole nitrogens is 1. The number of aliphatic carboxylic acids is 1. The third-order valence-electron chi connectivity index (χ3n) is 5.09. The molecule has 3 N–H and O–H groups in total. The second-order valence-corrected chi connectivity index (χ2v) is 8.68. The van der Waals surface area contributed by atoms with Gasteiger partial charge in [-0.1, -0.05) is 48.5 Å². The first kappa shape index (κ1) is 19.2. The Kier molecular flexibility index (Phi) is 4.86. The van der Waals surface area contributed by atoms with Crippen molar-refractivity contribution in [3.8, 4) is 0 Å². The third kappa shape index (κ3) is 3.62. The quantitative estimate of drug-likeness (QED) is 0.454. The largest absolute Gasteiger partial charge is 0.480 e. The number of aromatic nitrogens is 1. The molecule has 1 aromatic heterocycles. The number of fused-ring (bicyclic) bond motifs is 2. The van der Waals surface area contributed by atoms with Gasteiger partial charge in [0.1, 0.15) is 6.04 Å². The van der Waals surface area contributed by atoms with E-state index in [2.05, 4.69) is 9.71 Å². The van der Waals surface area contributed by atoms with Crippen LogP contribution in [-0.4, -0.2) is 30.5 Å². The Balaban J connectivity index is 1.70. The molecule has 1 heterocycles. The average molecular weight is 408 g/mol. The summed E-state index contributed by atoms with van der Waals surface area (Å²) in [4.78, 5) is 15.0. The maximum atomic E-state index is 13.1. The lowest BCUT2D eigenvalue weighted by Gasteiger charge is -2.16. The number of carbonyl (C=O) groups is 1. The van der Waals surface area contributed by atoms with Crippen LogP contribution in [0, 0.1) is 6.92 Å². The van der Waals surface area contributed by atoms with Crippen LogP contribution >= 0.6 is 0 Å². The zero-order valence-electron chi connectivity index (χ0n) is 15.7. The zero-order chi connectivity index (χ0) is 20.6. The van der Waals surface area contributed by atoms with Gasteiger partial charge in [-0.3, -0.25) is 4.79 Å². The predicted octanol–water partition coefficient (Wildman–Crippen LogP) is 3.60. The van der Waals surface area contributed by atoms with Crippen LogP contribution in [0.25, 0.3) is 21.7 Å². The lowest BCUT2D eigenvalue weighted by molar-refractivity contribution is -0.138. The van der Waals surface area contributed by atoms with Crippen molar-refractivity contribution in [2.45, 2.75) is 24.3 Å². The standard InChI is InChI=1S/C22H20N2O4S/c1-14-10-11-21(18-8-3-2-6-16(14)18)29(27,28)24-20(22(25)26)12-15-13-23-19-9-5-4-7-17(15)19/h2-11,13,20,23-24H,12H2,1H3,(H,25,26)/t20-/m1/s1.